The van der Waals surface area contributed by atoms with Crippen molar-refractivity contribution in [2.75, 3.05) is 26.7 Å². The van der Waals surface area contributed by atoms with Crippen LogP contribution in [0.25, 0.3) is 0 Å². The van der Waals surface area contributed by atoms with Crippen LogP contribution in [0, 0.1) is 17.7 Å². The Bertz CT molecular complexity index is 667. The minimum absolute atomic E-state index is 0.205. The summed E-state index contributed by atoms with van der Waals surface area (Å²) >= 11 is 0. The zero-order valence-electron chi connectivity index (χ0n) is 14.8. The van der Waals surface area contributed by atoms with Crippen LogP contribution in [0.3, 0.4) is 0 Å². The maximum absolute atomic E-state index is 12.8. The molecule has 7 heteroatoms. The molecule has 6 nitrogen and oxygen atoms in total. The second-order valence-corrected chi connectivity index (χ2v) is 6.88. The number of hydrogen-bond donors (Lipinski definition) is 0. The smallest absolute Gasteiger partial charge is 0.242 e. The first-order valence-electron chi connectivity index (χ1n) is 8.95. The van der Waals surface area contributed by atoms with E-state index in [0.29, 0.717) is 12.3 Å². The monoisotopic (exact) mass is 362 g/mol. The number of halogens is 1. The molecule has 0 bridgehead atoms. The number of benzene rings is 1. The molecule has 3 amide bonds. The van der Waals surface area contributed by atoms with Gasteiger partial charge in [0.15, 0.2) is 0 Å². The van der Waals surface area contributed by atoms with E-state index in [1.807, 2.05) is 0 Å². The molecule has 1 aliphatic heterocycles. The summed E-state index contributed by atoms with van der Waals surface area (Å²) in [6.07, 6.45) is 3.40. The van der Waals surface area contributed by atoms with Gasteiger partial charge in [-0.05, 0) is 37.1 Å². The van der Waals surface area contributed by atoms with Gasteiger partial charge >= 0.3 is 0 Å². The Balaban J connectivity index is 1.48. The fraction of sp³-hybridized carbons (Fsp3) is 0.526. The molecule has 2 unspecified atom stereocenters. The van der Waals surface area contributed by atoms with Gasteiger partial charge in [0.2, 0.25) is 17.7 Å². The molecule has 1 heterocycles. The molecule has 1 aromatic carbocycles. The molecule has 26 heavy (non-hydrogen) atoms. The Morgan fingerprint density at radius 3 is 2.31 bits per heavy atom. The number of nitrogens with zero attached hydrogens (tertiary/aromatic N) is 2. The van der Waals surface area contributed by atoms with E-state index in [4.69, 9.17) is 4.74 Å². The van der Waals surface area contributed by atoms with Crippen molar-refractivity contribution < 1.29 is 23.5 Å². The highest BCUT2D eigenvalue weighted by molar-refractivity contribution is 6.07. The number of rotatable bonds is 6. The third-order valence-electron chi connectivity index (χ3n) is 5.16. The molecule has 1 saturated carbocycles. The molecular formula is C19H23FN2O4. The summed E-state index contributed by atoms with van der Waals surface area (Å²) in [5.41, 5.74) is 0. The zero-order chi connectivity index (χ0) is 18.7. The summed E-state index contributed by atoms with van der Waals surface area (Å²) < 4.78 is 18.3. The highest BCUT2D eigenvalue weighted by Gasteiger charge is 2.48. The van der Waals surface area contributed by atoms with Crippen LogP contribution in [-0.2, 0) is 14.4 Å². The van der Waals surface area contributed by atoms with Gasteiger partial charge in [-0.1, -0.05) is 12.8 Å². The van der Waals surface area contributed by atoms with Gasteiger partial charge in [0.25, 0.3) is 0 Å². The first kappa shape index (κ1) is 18.4. The molecule has 1 aromatic rings. The van der Waals surface area contributed by atoms with Gasteiger partial charge < -0.3 is 9.64 Å². The lowest BCUT2D eigenvalue weighted by Crippen LogP contribution is -2.42. The maximum Gasteiger partial charge on any atom is 0.242 e. The van der Waals surface area contributed by atoms with Gasteiger partial charge in [0.05, 0.1) is 18.4 Å². The molecule has 1 aliphatic carbocycles. The number of imide groups is 1. The van der Waals surface area contributed by atoms with Crippen molar-refractivity contribution >= 4 is 17.7 Å². The van der Waals surface area contributed by atoms with Crippen molar-refractivity contribution in [3.63, 3.8) is 0 Å². The van der Waals surface area contributed by atoms with Crippen LogP contribution >= 0.6 is 0 Å². The molecular weight excluding hydrogens is 339 g/mol. The molecule has 0 radical (unpaired) electrons. The first-order chi connectivity index (χ1) is 12.5. The van der Waals surface area contributed by atoms with Crippen LogP contribution in [0.5, 0.6) is 5.75 Å². The summed E-state index contributed by atoms with van der Waals surface area (Å²) in [6.45, 7) is 0.331. The summed E-state index contributed by atoms with van der Waals surface area (Å²) in [5.74, 6) is -1.01. The van der Waals surface area contributed by atoms with Crippen LogP contribution in [0.1, 0.15) is 25.7 Å². The lowest BCUT2D eigenvalue weighted by atomic mass is 9.81. The number of amides is 3. The van der Waals surface area contributed by atoms with E-state index in [1.54, 1.807) is 7.05 Å². The van der Waals surface area contributed by atoms with E-state index >= 15 is 0 Å². The molecule has 140 valence electrons. The lowest BCUT2D eigenvalue weighted by molar-refractivity contribution is -0.146. The van der Waals surface area contributed by atoms with Crippen molar-refractivity contribution in [2.45, 2.75) is 25.7 Å². The number of carbonyl (C=O) groups is 3. The Kier molecular flexibility index (Phi) is 5.54. The fourth-order valence-electron chi connectivity index (χ4n) is 3.60. The maximum atomic E-state index is 12.8. The van der Waals surface area contributed by atoms with Crippen molar-refractivity contribution in [1.29, 1.82) is 0 Å². The van der Waals surface area contributed by atoms with Crippen LogP contribution in [0.2, 0.25) is 0 Å². The molecule has 2 atom stereocenters. The van der Waals surface area contributed by atoms with Crippen LogP contribution in [0.15, 0.2) is 24.3 Å². The SMILES string of the molecule is CN(CCOc1ccc(F)cc1)C(=O)CN1C(=O)C2CCCCC2C1=O. The minimum Gasteiger partial charge on any atom is -0.492 e. The van der Waals surface area contributed by atoms with E-state index in [9.17, 15) is 18.8 Å². The average Bonchev–Trinajstić information content (AvgIpc) is 2.88. The van der Waals surface area contributed by atoms with Gasteiger partial charge in [0.1, 0.15) is 24.7 Å². The number of likely N-dealkylation sites (N-methyl/N-ethyl adjacent to an activating group) is 1. The molecule has 3 rings (SSSR count). The number of ether oxygens (including phenoxy) is 1. The molecule has 0 N–H and O–H groups in total. The normalized spacial score (nSPS) is 22.3. The predicted octanol–water partition coefficient (Wildman–Crippen LogP) is 1.84. The van der Waals surface area contributed by atoms with E-state index in [-0.39, 0.29) is 48.5 Å². The Hall–Kier alpha value is -2.44. The summed E-state index contributed by atoms with van der Waals surface area (Å²) in [4.78, 5) is 39.7. The van der Waals surface area contributed by atoms with Gasteiger partial charge in [0, 0.05) is 7.05 Å². The van der Waals surface area contributed by atoms with Gasteiger partial charge in [-0.25, -0.2) is 4.39 Å². The van der Waals surface area contributed by atoms with E-state index in [1.165, 1.54) is 29.2 Å². The lowest BCUT2D eigenvalue weighted by Gasteiger charge is -2.21. The number of carbonyl (C=O) groups excluding carboxylic acids is 3. The molecule has 0 spiro atoms. The van der Waals surface area contributed by atoms with Crippen LogP contribution in [0.4, 0.5) is 4.39 Å². The molecule has 1 saturated heterocycles. The Labute approximate surface area is 151 Å². The Morgan fingerprint density at radius 1 is 1.15 bits per heavy atom. The van der Waals surface area contributed by atoms with Crippen molar-refractivity contribution in [3.8, 4) is 5.75 Å². The van der Waals surface area contributed by atoms with Crippen molar-refractivity contribution in [3.05, 3.63) is 30.1 Å². The highest BCUT2D eigenvalue weighted by Crippen LogP contribution is 2.37. The minimum atomic E-state index is -0.342. The van der Waals surface area contributed by atoms with Crippen molar-refractivity contribution in [1.82, 2.24) is 9.80 Å². The number of likely N-dealkylation sites (tertiary alicyclic amines) is 1. The number of hydrogen-bond acceptors (Lipinski definition) is 4. The molecule has 2 fully saturated rings. The third-order valence-corrected chi connectivity index (χ3v) is 5.16. The topological polar surface area (TPSA) is 66.9 Å². The fourth-order valence-corrected chi connectivity index (χ4v) is 3.60. The van der Waals surface area contributed by atoms with Crippen LogP contribution < -0.4 is 4.74 Å². The van der Waals surface area contributed by atoms with E-state index in [0.717, 1.165) is 30.6 Å². The third kappa shape index (κ3) is 3.86. The second-order valence-electron chi connectivity index (χ2n) is 6.88. The predicted molar refractivity (Wildman–Crippen MR) is 91.7 cm³/mol. The van der Waals surface area contributed by atoms with Gasteiger partial charge in [-0.15, -0.1) is 0 Å². The largest absolute Gasteiger partial charge is 0.492 e. The number of fused-ring (bicyclic) bond motifs is 1. The summed E-state index contributed by atoms with van der Waals surface area (Å²) in [7, 11) is 1.61. The standard InChI is InChI=1S/C19H23FN2O4/c1-21(10-11-26-14-8-6-13(20)7-9-14)17(23)12-22-18(24)15-4-2-3-5-16(15)19(22)25/h6-9,15-16H,2-5,10-12H2,1H3. The molecule has 0 aromatic heterocycles. The zero-order valence-corrected chi connectivity index (χ0v) is 14.8. The van der Waals surface area contributed by atoms with Gasteiger partial charge in [-0.2, -0.15) is 0 Å². The first-order valence-corrected chi connectivity index (χ1v) is 8.95. The Morgan fingerprint density at radius 2 is 1.73 bits per heavy atom. The van der Waals surface area contributed by atoms with E-state index < -0.39 is 0 Å². The molecule has 2 aliphatic rings. The van der Waals surface area contributed by atoms with Crippen LogP contribution in [-0.4, -0.2) is 54.3 Å². The quantitative estimate of drug-likeness (QED) is 0.724. The average molecular weight is 362 g/mol. The summed E-state index contributed by atoms with van der Waals surface area (Å²) in [5, 5.41) is 0. The van der Waals surface area contributed by atoms with Gasteiger partial charge in [-0.3, -0.25) is 19.3 Å². The highest BCUT2D eigenvalue weighted by atomic mass is 19.1. The van der Waals surface area contributed by atoms with E-state index in [2.05, 4.69) is 0 Å². The van der Waals surface area contributed by atoms with Crippen molar-refractivity contribution in [2.24, 2.45) is 11.8 Å². The summed E-state index contributed by atoms with van der Waals surface area (Å²) in [6, 6.07) is 5.63. The second kappa shape index (κ2) is 7.85.